The number of carbonyl (C=O) groups is 3. The lowest BCUT2D eigenvalue weighted by Gasteiger charge is -2.25. The highest BCUT2D eigenvalue weighted by molar-refractivity contribution is 5.96. The Bertz CT molecular complexity index is 1400. The molecule has 2 bridgehead atoms. The third-order valence-corrected chi connectivity index (χ3v) is 6.86. The highest BCUT2D eigenvalue weighted by Crippen LogP contribution is 2.23. The van der Waals surface area contributed by atoms with Gasteiger partial charge in [0.2, 0.25) is 17.8 Å². The van der Waals surface area contributed by atoms with Gasteiger partial charge in [-0.05, 0) is 42.9 Å². The van der Waals surface area contributed by atoms with E-state index in [4.69, 9.17) is 10.5 Å². The first-order valence-electron chi connectivity index (χ1n) is 14.4. The fourth-order valence-electron chi connectivity index (χ4n) is 4.76. The molecule has 12 heteroatoms. The number of amides is 3. The van der Waals surface area contributed by atoms with E-state index < -0.39 is 17.9 Å². The summed E-state index contributed by atoms with van der Waals surface area (Å²) in [6, 6.07) is 8.47. The van der Waals surface area contributed by atoms with Crippen molar-refractivity contribution in [2.24, 2.45) is 5.92 Å². The number of ether oxygens (including phenoxy) is 1. The topological polar surface area (TPSA) is 157 Å². The zero-order valence-electron chi connectivity index (χ0n) is 24.7. The number of imidazole rings is 1. The molecule has 0 saturated heterocycles. The van der Waals surface area contributed by atoms with Crippen LogP contribution < -0.4 is 21.1 Å². The fourth-order valence-corrected chi connectivity index (χ4v) is 4.76. The number of hydrogen-bond donors (Lipinski definition) is 3. The van der Waals surface area contributed by atoms with Crippen molar-refractivity contribution in [2.75, 3.05) is 32.0 Å². The SMILES string of the molecule is CC(C)C[C@H]1NC(=O)CN(C(=O)c2cc(C(C)C)nc(N)n2)CCCOc2cccc(c2)-c2nccn2CCNC1=O. The maximum Gasteiger partial charge on any atom is 0.273 e. The van der Waals surface area contributed by atoms with Crippen molar-refractivity contribution in [3.05, 3.63) is 54.1 Å². The smallest absolute Gasteiger partial charge is 0.273 e. The minimum atomic E-state index is -0.752. The number of nitrogens with zero attached hydrogens (tertiary/aromatic N) is 5. The second-order valence-corrected chi connectivity index (χ2v) is 11.1. The predicted octanol–water partition coefficient (Wildman–Crippen LogP) is 2.62. The number of fused-ring (bicyclic) bond motifs is 4. The lowest BCUT2D eigenvalue weighted by molar-refractivity contribution is -0.129. The number of rotatable bonds is 4. The van der Waals surface area contributed by atoms with Crippen LogP contribution in [0, 0.1) is 5.92 Å². The molecule has 3 amide bonds. The molecule has 0 saturated carbocycles. The Morgan fingerprint density at radius 2 is 1.95 bits per heavy atom. The summed E-state index contributed by atoms with van der Waals surface area (Å²) >= 11 is 0. The van der Waals surface area contributed by atoms with Crippen LogP contribution in [-0.2, 0) is 16.1 Å². The number of hydrogen-bond acceptors (Lipinski definition) is 8. The van der Waals surface area contributed by atoms with Gasteiger partial charge < -0.3 is 30.6 Å². The normalized spacial score (nSPS) is 17.1. The van der Waals surface area contributed by atoms with Gasteiger partial charge in [0, 0.05) is 43.3 Å². The van der Waals surface area contributed by atoms with Gasteiger partial charge in [0.05, 0.1) is 13.2 Å². The summed E-state index contributed by atoms with van der Waals surface area (Å²) in [5, 5.41) is 5.79. The fraction of sp³-hybridized carbons (Fsp3) is 0.467. The van der Waals surface area contributed by atoms with E-state index in [1.54, 1.807) is 12.3 Å². The Kier molecular flexibility index (Phi) is 10.1. The molecular formula is C30H40N8O4. The first-order chi connectivity index (χ1) is 20.1. The molecule has 4 rings (SSSR count). The van der Waals surface area contributed by atoms with Gasteiger partial charge in [-0.3, -0.25) is 14.4 Å². The molecule has 0 aliphatic carbocycles. The van der Waals surface area contributed by atoms with Crippen LogP contribution in [0.5, 0.6) is 5.75 Å². The maximum atomic E-state index is 13.6. The summed E-state index contributed by atoms with van der Waals surface area (Å²) < 4.78 is 7.98. The highest BCUT2D eigenvalue weighted by atomic mass is 16.5. The molecule has 12 nitrogen and oxygen atoms in total. The summed E-state index contributed by atoms with van der Waals surface area (Å²) in [6.07, 6.45) is 4.48. The predicted molar refractivity (Wildman–Crippen MR) is 159 cm³/mol. The molecule has 42 heavy (non-hydrogen) atoms. The van der Waals surface area contributed by atoms with Crippen LogP contribution in [0.25, 0.3) is 11.4 Å². The molecular weight excluding hydrogens is 536 g/mol. The van der Waals surface area contributed by atoms with Crippen LogP contribution in [-0.4, -0.2) is 74.4 Å². The quantitative estimate of drug-likeness (QED) is 0.428. The molecule has 1 aliphatic rings. The second kappa shape index (κ2) is 13.9. The van der Waals surface area contributed by atoms with Gasteiger partial charge in [0.25, 0.3) is 5.91 Å². The Morgan fingerprint density at radius 1 is 1.14 bits per heavy atom. The zero-order valence-corrected chi connectivity index (χ0v) is 24.7. The molecule has 1 aromatic carbocycles. The van der Waals surface area contributed by atoms with E-state index in [0.717, 1.165) is 11.4 Å². The van der Waals surface area contributed by atoms with E-state index in [-0.39, 0.29) is 42.5 Å². The minimum Gasteiger partial charge on any atom is -0.494 e. The lowest BCUT2D eigenvalue weighted by Crippen LogP contribution is -2.51. The molecule has 1 atom stereocenters. The monoisotopic (exact) mass is 576 g/mol. The van der Waals surface area contributed by atoms with Crippen molar-refractivity contribution in [1.82, 2.24) is 35.1 Å². The van der Waals surface area contributed by atoms with Crippen LogP contribution in [0.4, 0.5) is 5.95 Å². The summed E-state index contributed by atoms with van der Waals surface area (Å²) in [5.74, 6) is 0.420. The van der Waals surface area contributed by atoms with E-state index >= 15 is 0 Å². The van der Waals surface area contributed by atoms with Gasteiger partial charge in [0.1, 0.15) is 23.3 Å². The Labute approximate surface area is 246 Å². The average Bonchev–Trinajstić information content (AvgIpc) is 3.41. The van der Waals surface area contributed by atoms with Crippen LogP contribution in [0.3, 0.4) is 0 Å². The van der Waals surface area contributed by atoms with E-state index in [2.05, 4.69) is 25.6 Å². The molecule has 0 spiro atoms. The van der Waals surface area contributed by atoms with Crippen molar-refractivity contribution in [3.63, 3.8) is 0 Å². The van der Waals surface area contributed by atoms with Crippen LogP contribution in [0.1, 0.15) is 62.6 Å². The standard InChI is InChI=1S/C30H40N8O4/c1-19(2)15-24-28(40)33-10-13-37-12-9-32-27(37)21-7-5-8-22(16-21)42-14-6-11-38(18-26(39)34-24)29(41)25-17-23(20(3)4)35-30(31)36-25/h5,7-9,12,16-17,19-20,24H,6,10-11,13-15,18H2,1-4H3,(H,33,40)(H,34,39)(H2,31,35,36)/t24-/m1/s1. The number of nitrogen functional groups attached to an aromatic ring is 1. The maximum absolute atomic E-state index is 13.6. The Morgan fingerprint density at radius 3 is 2.71 bits per heavy atom. The van der Waals surface area contributed by atoms with Gasteiger partial charge >= 0.3 is 0 Å². The summed E-state index contributed by atoms with van der Waals surface area (Å²) in [6.45, 7) is 8.98. The molecule has 0 radical (unpaired) electrons. The van der Waals surface area contributed by atoms with Gasteiger partial charge in [-0.2, -0.15) is 0 Å². The van der Waals surface area contributed by atoms with E-state index in [9.17, 15) is 14.4 Å². The molecule has 3 aromatic rings. The number of anilines is 1. The van der Waals surface area contributed by atoms with Crippen molar-refractivity contribution in [1.29, 1.82) is 0 Å². The molecule has 3 heterocycles. The summed E-state index contributed by atoms with van der Waals surface area (Å²) in [7, 11) is 0. The van der Waals surface area contributed by atoms with Crippen molar-refractivity contribution >= 4 is 23.7 Å². The van der Waals surface area contributed by atoms with Gasteiger partial charge in [-0.1, -0.05) is 39.8 Å². The summed E-state index contributed by atoms with van der Waals surface area (Å²) in [5.41, 5.74) is 7.53. The molecule has 4 N–H and O–H groups in total. The minimum absolute atomic E-state index is 0.00657. The van der Waals surface area contributed by atoms with Gasteiger partial charge in [0.15, 0.2) is 0 Å². The number of nitrogens with two attached hydrogens (primary N) is 1. The van der Waals surface area contributed by atoms with Gasteiger partial charge in [-0.15, -0.1) is 0 Å². The van der Waals surface area contributed by atoms with Crippen LogP contribution >= 0.6 is 0 Å². The number of benzene rings is 1. The molecule has 0 fully saturated rings. The third kappa shape index (κ3) is 8.05. The lowest BCUT2D eigenvalue weighted by atomic mass is 10.0. The average molecular weight is 577 g/mol. The molecule has 2 aromatic heterocycles. The van der Waals surface area contributed by atoms with Crippen LogP contribution in [0.2, 0.25) is 0 Å². The Balaban J connectivity index is 1.61. The van der Waals surface area contributed by atoms with Crippen molar-refractivity contribution < 1.29 is 19.1 Å². The molecule has 224 valence electrons. The zero-order chi connectivity index (χ0) is 30.2. The first kappa shape index (κ1) is 30.5. The number of carbonyl (C=O) groups excluding carboxylic acids is 3. The van der Waals surface area contributed by atoms with Crippen molar-refractivity contribution in [3.8, 4) is 17.1 Å². The second-order valence-electron chi connectivity index (χ2n) is 11.1. The number of aromatic nitrogens is 4. The largest absolute Gasteiger partial charge is 0.494 e. The third-order valence-electron chi connectivity index (χ3n) is 6.86. The van der Waals surface area contributed by atoms with Crippen LogP contribution in [0.15, 0.2) is 42.7 Å². The van der Waals surface area contributed by atoms with Crippen molar-refractivity contribution in [2.45, 2.75) is 59.0 Å². The highest BCUT2D eigenvalue weighted by Gasteiger charge is 2.26. The van der Waals surface area contributed by atoms with E-state index in [0.29, 0.717) is 44.0 Å². The molecule has 1 aliphatic heterocycles. The van der Waals surface area contributed by atoms with E-state index in [1.165, 1.54) is 4.90 Å². The Hall–Kier alpha value is -4.48. The number of nitrogens with one attached hydrogen (secondary N) is 2. The first-order valence-corrected chi connectivity index (χ1v) is 14.4. The summed E-state index contributed by atoms with van der Waals surface area (Å²) in [4.78, 5) is 54.4. The molecule has 0 unspecified atom stereocenters. The van der Waals surface area contributed by atoms with Gasteiger partial charge in [-0.25, -0.2) is 15.0 Å². The van der Waals surface area contributed by atoms with E-state index in [1.807, 2.05) is 62.7 Å².